The van der Waals surface area contributed by atoms with E-state index in [4.69, 9.17) is 5.11 Å². The van der Waals surface area contributed by atoms with E-state index in [0.29, 0.717) is 11.5 Å². The number of rotatable bonds is 3. The number of tetrazole rings is 1. The van der Waals surface area contributed by atoms with E-state index in [0.717, 1.165) is 4.80 Å². The van der Waals surface area contributed by atoms with E-state index in [2.05, 4.69) is 20.4 Å². The summed E-state index contributed by atoms with van der Waals surface area (Å²) in [5.74, 6) is -0.696. The van der Waals surface area contributed by atoms with Crippen LogP contribution in [0.15, 0.2) is 24.4 Å². The third-order valence-corrected chi connectivity index (χ3v) is 2.03. The number of carboxylic acid groups (broad SMARTS) is 1. The Morgan fingerprint density at radius 1 is 1.50 bits per heavy atom. The highest BCUT2D eigenvalue weighted by molar-refractivity contribution is 5.70. The van der Waals surface area contributed by atoms with Crippen LogP contribution in [0.3, 0.4) is 0 Å². The predicted molar refractivity (Wildman–Crippen MR) is 53.4 cm³/mol. The fourth-order valence-electron chi connectivity index (χ4n) is 1.09. The minimum absolute atomic E-state index is 0.314. The molecule has 0 bridgehead atoms. The lowest BCUT2D eigenvalue weighted by atomic mass is 10.3. The lowest BCUT2D eigenvalue weighted by Gasteiger charge is -2.01. The van der Waals surface area contributed by atoms with Crippen LogP contribution in [-0.4, -0.2) is 36.3 Å². The molecule has 7 nitrogen and oxygen atoms in total. The van der Waals surface area contributed by atoms with Crippen LogP contribution in [0.4, 0.5) is 0 Å². The van der Waals surface area contributed by atoms with Crippen LogP contribution in [0.2, 0.25) is 0 Å². The summed E-state index contributed by atoms with van der Waals surface area (Å²) in [4.78, 5) is 15.8. The third-order valence-electron chi connectivity index (χ3n) is 2.03. The van der Waals surface area contributed by atoms with E-state index in [9.17, 15) is 4.79 Å². The van der Waals surface area contributed by atoms with E-state index in [-0.39, 0.29) is 0 Å². The molecule has 7 heteroatoms. The molecule has 0 aliphatic carbocycles. The standard InChI is InChI=1S/C9H9N5O2/c1-6(9(15)16)14-12-8(11-13-14)7-4-2-3-5-10-7/h2-6H,1H3,(H,15,16). The van der Waals surface area contributed by atoms with Crippen molar-refractivity contribution in [2.45, 2.75) is 13.0 Å². The molecular formula is C9H9N5O2. The maximum atomic E-state index is 10.7. The smallest absolute Gasteiger partial charge is 0.330 e. The monoisotopic (exact) mass is 219 g/mol. The molecule has 0 amide bonds. The van der Waals surface area contributed by atoms with Crippen LogP contribution in [-0.2, 0) is 4.79 Å². The van der Waals surface area contributed by atoms with Gasteiger partial charge in [0.05, 0.1) is 0 Å². The highest BCUT2D eigenvalue weighted by atomic mass is 16.4. The molecule has 0 spiro atoms. The molecule has 1 N–H and O–H groups in total. The van der Waals surface area contributed by atoms with Crippen molar-refractivity contribution in [2.24, 2.45) is 0 Å². The Hall–Kier alpha value is -2.31. The van der Waals surface area contributed by atoms with Gasteiger partial charge in [-0.25, -0.2) is 4.79 Å². The van der Waals surface area contributed by atoms with E-state index in [1.165, 1.54) is 6.92 Å². The molecule has 2 rings (SSSR count). The zero-order valence-corrected chi connectivity index (χ0v) is 8.48. The fraction of sp³-hybridized carbons (Fsp3) is 0.222. The summed E-state index contributed by atoms with van der Waals surface area (Å²) in [5.41, 5.74) is 0.561. The van der Waals surface area contributed by atoms with Gasteiger partial charge in [0.2, 0.25) is 5.82 Å². The molecule has 0 radical (unpaired) electrons. The van der Waals surface area contributed by atoms with Gasteiger partial charge in [-0.2, -0.15) is 0 Å². The third kappa shape index (κ3) is 1.88. The Balaban J connectivity index is 2.30. The zero-order valence-electron chi connectivity index (χ0n) is 8.48. The van der Waals surface area contributed by atoms with Crippen molar-refractivity contribution >= 4 is 5.97 Å². The van der Waals surface area contributed by atoms with Crippen LogP contribution in [0.25, 0.3) is 11.5 Å². The molecule has 0 aliphatic heterocycles. The number of hydrogen-bond donors (Lipinski definition) is 1. The highest BCUT2D eigenvalue weighted by Crippen LogP contribution is 2.10. The molecule has 1 unspecified atom stereocenters. The number of nitrogens with zero attached hydrogens (tertiary/aromatic N) is 5. The first-order valence-electron chi connectivity index (χ1n) is 4.62. The highest BCUT2D eigenvalue weighted by Gasteiger charge is 2.17. The summed E-state index contributed by atoms with van der Waals surface area (Å²) in [7, 11) is 0. The van der Waals surface area contributed by atoms with Crippen LogP contribution in [0, 0.1) is 0 Å². The summed E-state index contributed by atoms with van der Waals surface area (Å²) in [6, 6.07) is 4.45. The summed E-state index contributed by atoms with van der Waals surface area (Å²) >= 11 is 0. The van der Waals surface area contributed by atoms with Crippen molar-refractivity contribution in [1.29, 1.82) is 0 Å². The fourth-order valence-corrected chi connectivity index (χ4v) is 1.09. The molecule has 2 heterocycles. The second-order valence-electron chi connectivity index (χ2n) is 3.16. The number of pyridine rings is 1. The maximum absolute atomic E-state index is 10.7. The second kappa shape index (κ2) is 4.05. The quantitative estimate of drug-likeness (QED) is 0.802. The average molecular weight is 219 g/mol. The van der Waals surface area contributed by atoms with E-state index in [1.54, 1.807) is 24.4 Å². The lowest BCUT2D eigenvalue weighted by molar-refractivity contribution is -0.141. The van der Waals surface area contributed by atoms with Gasteiger partial charge in [0.15, 0.2) is 6.04 Å². The normalized spacial score (nSPS) is 12.3. The van der Waals surface area contributed by atoms with Crippen molar-refractivity contribution < 1.29 is 9.90 Å². The van der Waals surface area contributed by atoms with Crippen LogP contribution < -0.4 is 0 Å². The van der Waals surface area contributed by atoms with Crippen LogP contribution in [0.1, 0.15) is 13.0 Å². The van der Waals surface area contributed by atoms with Crippen molar-refractivity contribution in [2.75, 3.05) is 0 Å². The van der Waals surface area contributed by atoms with E-state index < -0.39 is 12.0 Å². The largest absolute Gasteiger partial charge is 0.480 e. The number of aromatic nitrogens is 5. The Morgan fingerprint density at radius 3 is 2.94 bits per heavy atom. The molecular weight excluding hydrogens is 210 g/mol. The minimum atomic E-state index is -1.01. The average Bonchev–Trinajstić information content (AvgIpc) is 2.78. The molecule has 0 saturated carbocycles. The molecule has 2 aromatic heterocycles. The van der Waals surface area contributed by atoms with E-state index in [1.807, 2.05) is 0 Å². The zero-order chi connectivity index (χ0) is 11.5. The Labute approximate surface area is 90.7 Å². The SMILES string of the molecule is CC(C(=O)O)n1nnc(-c2ccccn2)n1. The number of carbonyl (C=O) groups is 1. The Kier molecular flexibility index (Phi) is 2.59. The van der Waals surface area contributed by atoms with Gasteiger partial charge in [0.25, 0.3) is 0 Å². The summed E-state index contributed by atoms with van der Waals surface area (Å²) < 4.78 is 0. The van der Waals surface area contributed by atoms with Gasteiger partial charge in [-0.3, -0.25) is 4.98 Å². The van der Waals surface area contributed by atoms with Crippen LogP contribution >= 0.6 is 0 Å². The maximum Gasteiger partial charge on any atom is 0.330 e. The van der Waals surface area contributed by atoms with Gasteiger partial charge in [0.1, 0.15) is 5.69 Å². The molecule has 2 aromatic rings. The minimum Gasteiger partial charge on any atom is -0.480 e. The Morgan fingerprint density at radius 2 is 2.31 bits per heavy atom. The number of aliphatic carboxylic acids is 1. The van der Waals surface area contributed by atoms with Crippen molar-refractivity contribution in [3.63, 3.8) is 0 Å². The molecule has 0 fully saturated rings. The molecule has 0 aromatic carbocycles. The summed E-state index contributed by atoms with van der Waals surface area (Å²) in [5, 5.41) is 20.1. The first-order chi connectivity index (χ1) is 7.68. The van der Waals surface area contributed by atoms with Gasteiger partial charge in [-0.05, 0) is 24.3 Å². The number of carboxylic acids is 1. The molecule has 0 aliphatic rings. The lowest BCUT2D eigenvalue weighted by Crippen LogP contribution is -2.18. The van der Waals surface area contributed by atoms with Gasteiger partial charge < -0.3 is 5.11 Å². The molecule has 1 atom stereocenters. The van der Waals surface area contributed by atoms with Crippen molar-refractivity contribution in [3.8, 4) is 11.5 Å². The summed E-state index contributed by atoms with van der Waals surface area (Å²) in [6.07, 6.45) is 1.61. The van der Waals surface area contributed by atoms with Gasteiger partial charge in [-0.1, -0.05) is 6.07 Å². The topological polar surface area (TPSA) is 93.8 Å². The number of hydrogen-bond acceptors (Lipinski definition) is 5. The predicted octanol–water partition coefficient (Wildman–Crippen LogP) is 0.381. The Bertz CT molecular complexity index is 496. The first kappa shape index (κ1) is 10.2. The van der Waals surface area contributed by atoms with Crippen LogP contribution in [0.5, 0.6) is 0 Å². The molecule has 16 heavy (non-hydrogen) atoms. The van der Waals surface area contributed by atoms with Gasteiger partial charge in [-0.15, -0.1) is 15.0 Å². The van der Waals surface area contributed by atoms with Gasteiger partial charge in [0, 0.05) is 6.20 Å². The second-order valence-corrected chi connectivity index (χ2v) is 3.16. The van der Waals surface area contributed by atoms with Crippen molar-refractivity contribution in [3.05, 3.63) is 24.4 Å². The molecule has 82 valence electrons. The van der Waals surface area contributed by atoms with Crippen molar-refractivity contribution in [1.82, 2.24) is 25.2 Å². The summed E-state index contributed by atoms with van der Waals surface area (Å²) in [6.45, 7) is 1.48. The molecule has 0 saturated heterocycles. The van der Waals surface area contributed by atoms with Gasteiger partial charge >= 0.3 is 5.97 Å². The first-order valence-corrected chi connectivity index (χ1v) is 4.62. The van der Waals surface area contributed by atoms with E-state index >= 15 is 0 Å².